The maximum absolute atomic E-state index is 12.8. The normalized spacial score (nSPS) is 11.4. The van der Waals surface area contributed by atoms with E-state index in [9.17, 15) is 28.1 Å². The van der Waals surface area contributed by atoms with Crippen molar-refractivity contribution in [2.45, 2.75) is 19.3 Å². The summed E-state index contributed by atoms with van der Waals surface area (Å²) in [6.45, 7) is -2.28. The second-order valence-electron chi connectivity index (χ2n) is 6.02. The van der Waals surface area contributed by atoms with Gasteiger partial charge in [0.25, 0.3) is 5.69 Å². The second kappa shape index (κ2) is 8.12. The first kappa shape index (κ1) is 20.0. The molecular weight excluding hydrogens is 395 g/mol. The fourth-order valence-corrected chi connectivity index (χ4v) is 2.54. The van der Waals surface area contributed by atoms with Gasteiger partial charge in [0, 0.05) is 17.7 Å². The first-order chi connectivity index (χ1) is 13.7. The number of furan rings is 1. The third-order valence-electron chi connectivity index (χ3n) is 3.80. The highest BCUT2D eigenvalue weighted by Crippen LogP contribution is 2.21. The molecule has 0 aliphatic carbocycles. The highest BCUT2D eigenvalue weighted by Gasteiger charge is 2.33. The number of carbonyl (C=O) groups excluding carboxylic acids is 1. The van der Waals surface area contributed by atoms with Crippen molar-refractivity contribution in [3.05, 3.63) is 64.9 Å². The first-order valence-corrected chi connectivity index (χ1v) is 8.22. The number of aromatic nitrogens is 3. The summed E-state index contributed by atoms with van der Waals surface area (Å²) < 4.78 is 44.6. The fraction of sp³-hybridized carbons (Fsp3) is 0.235. The van der Waals surface area contributed by atoms with Crippen molar-refractivity contribution in [3.8, 4) is 11.4 Å². The van der Waals surface area contributed by atoms with Crippen molar-refractivity contribution < 1.29 is 27.3 Å². The molecule has 0 N–H and O–H groups in total. The summed E-state index contributed by atoms with van der Waals surface area (Å²) >= 11 is 0. The Labute approximate surface area is 161 Å². The lowest BCUT2D eigenvalue weighted by molar-refractivity contribution is -0.384. The van der Waals surface area contributed by atoms with Crippen molar-refractivity contribution in [1.82, 2.24) is 19.7 Å². The Balaban J connectivity index is 1.75. The number of hydrogen-bond acceptors (Lipinski definition) is 6. The SMILES string of the molecule is O=C(Cn1cnc(-c2cccc([N+](=O)[O-])c2)n1)N(Cc1ccco1)CC(F)(F)F. The Bertz CT molecular complexity index is 1000. The number of amides is 1. The van der Waals surface area contributed by atoms with E-state index >= 15 is 0 Å². The lowest BCUT2D eigenvalue weighted by Gasteiger charge is -2.22. The number of rotatable bonds is 7. The van der Waals surface area contributed by atoms with E-state index in [0.717, 1.165) is 4.68 Å². The van der Waals surface area contributed by atoms with Gasteiger partial charge in [-0.3, -0.25) is 14.9 Å². The van der Waals surface area contributed by atoms with Crippen LogP contribution in [-0.2, 0) is 17.9 Å². The zero-order valence-corrected chi connectivity index (χ0v) is 14.7. The van der Waals surface area contributed by atoms with Crippen LogP contribution in [-0.4, -0.2) is 43.2 Å². The van der Waals surface area contributed by atoms with Crippen LogP contribution in [0.3, 0.4) is 0 Å². The van der Waals surface area contributed by atoms with E-state index in [-0.39, 0.29) is 23.8 Å². The largest absolute Gasteiger partial charge is 0.467 e. The van der Waals surface area contributed by atoms with Gasteiger partial charge in [0.2, 0.25) is 5.91 Å². The average Bonchev–Trinajstić information content (AvgIpc) is 3.32. The molecule has 0 unspecified atom stereocenters. The molecule has 0 bridgehead atoms. The molecule has 0 atom stereocenters. The van der Waals surface area contributed by atoms with Gasteiger partial charge in [-0.25, -0.2) is 9.67 Å². The van der Waals surface area contributed by atoms with E-state index in [0.29, 0.717) is 10.5 Å². The number of nitro benzene ring substituents is 1. The summed E-state index contributed by atoms with van der Waals surface area (Å²) in [7, 11) is 0. The van der Waals surface area contributed by atoms with Crippen molar-refractivity contribution in [2.24, 2.45) is 0 Å². The molecule has 0 spiro atoms. The van der Waals surface area contributed by atoms with Gasteiger partial charge < -0.3 is 9.32 Å². The Morgan fingerprint density at radius 2 is 2.07 bits per heavy atom. The minimum atomic E-state index is -4.58. The van der Waals surface area contributed by atoms with Gasteiger partial charge in [-0.2, -0.15) is 18.3 Å². The quantitative estimate of drug-likeness (QED) is 0.439. The van der Waals surface area contributed by atoms with Crippen LogP contribution in [0.4, 0.5) is 18.9 Å². The molecule has 29 heavy (non-hydrogen) atoms. The summed E-state index contributed by atoms with van der Waals surface area (Å²) in [6, 6.07) is 8.53. The molecule has 1 amide bonds. The van der Waals surface area contributed by atoms with Crippen molar-refractivity contribution in [2.75, 3.05) is 6.54 Å². The minimum absolute atomic E-state index is 0.106. The van der Waals surface area contributed by atoms with Crippen molar-refractivity contribution in [3.63, 3.8) is 0 Å². The molecule has 12 heteroatoms. The molecule has 0 aliphatic heterocycles. The summed E-state index contributed by atoms with van der Waals surface area (Å²) in [6.07, 6.45) is -2.11. The third-order valence-corrected chi connectivity index (χ3v) is 3.80. The maximum atomic E-state index is 12.8. The van der Waals surface area contributed by atoms with Crippen molar-refractivity contribution in [1.29, 1.82) is 0 Å². The average molecular weight is 409 g/mol. The highest BCUT2D eigenvalue weighted by molar-refractivity contribution is 5.76. The Hall–Kier alpha value is -3.70. The van der Waals surface area contributed by atoms with E-state index in [1.807, 2.05) is 0 Å². The topological polar surface area (TPSA) is 107 Å². The van der Waals surface area contributed by atoms with Gasteiger partial charge >= 0.3 is 6.18 Å². The van der Waals surface area contributed by atoms with Crippen LogP contribution in [0.15, 0.2) is 53.4 Å². The number of halogens is 3. The molecule has 0 radical (unpaired) electrons. The van der Waals surface area contributed by atoms with Crippen LogP contribution in [0, 0.1) is 10.1 Å². The second-order valence-corrected chi connectivity index (χ2v) is 6.02. The van der Waals surface area contributed by atoms with Crippen LogP contribution < -0.4 is 0 Å². The summed E-state index contributed by atoms with van der Waals surface area (Å²) in [5, 5.41) is 14.9. The van der Waals surface area contributed by atoms with Gasteiger partial charge in [0.1, 0.15) is 25.2 Å². The van der Waals surface area contributed by atoms with E-state index in [2.05, 4.69) is 10.1 Å². The molecule has 0 saturated carbocycles. The predicted octanol–water partition coefficient (Wildman–Crippen LogP) is 3.04. The molecule has 0 aliphatic rings. The van der Waals surface area contributed by atoms with E-state index in [4.69, 9.17) is 4.42 Å². The standard InChI is InChI=1S/C17H14F3N5O4/c18-17(19,20)10-23(8-14-5-2-6-29-14)15(26)9-24-11-21-16(22-24)12-3-1-4-13(7-12)25(27)28/h1-7,11H,8-10H2. The van der Waals surface area contributed by atoms with Gasteiger partial charge in [0.05, 0.1) is 17.7 Å². The van der Waals surface area contributed by atoms with E-state index in [1.54, 1.807) is 6.07 Å². The van der Waals surface area contributed by atoms with Gasteiger partial charge in [0.15, 0.2) is 5.82 Å². The molecule has 2 aromatic heterocycles. The van der Waals surface area contributed by atoms with Crippen LogP contribution in [0.1, 0.15) is 5.76 Å². The number of alkyl halides is 3. The molecule has 9 nitrogen and oxygen atoms in total. The maximum Gasteiger partial charge on any atom is 0.406 e. The highest BCUT2D eigenvalue weighted by atomic mass is 19.4. The summed E-state index contributed by atoms with van der Waals surface area (Å²) in [4.78, 5) is 27.3. The molecule has 3 aromatic rings. The number of benzene rings is 1. The summed E-state index contributed by atoms with van der Waals surface area (Å²) in [5.41, 5.74) is 0.179. The number of non-ortho nitro benzene ring substituents is 1. The molecule has 3 rings (SSSR count). The Morgan fingerprint density at radius 1 is 1.28 bits per heavy atom. The van der Waals surface area contributed by atoms with Crippen LogP contribution in [0.25, 0.3) is 11.4 Å². The number of nitro groups is 1. The van der Waals surface area contributed by atoms with Crippen LogP contribution >= 0.6 is 0 Å². The molecule has 0 saturated heterocycles. The molecular formula is C17H14F3N5O4. The number of carbonyl (C=O) groups is 1. The number of hydrogen-bond donors (Lipinski definition) is 0. The lowest BCUT2D eigenvalue weighted by atomic mass is 10.2. The van der Waals surface area contributed by atoms with Gasteiger partial charge in [-0.15, -0.1) is 0 Å². The predicted molar refractivity (Wildman–Crippen MR) is 92.3 cm³/mol. The molecule has 2 heterocycles. The van der Waals surface area contributed by atoms with Crippen LogP contribution in [0.2, 0.25) is 0 Å². The molecule has 1 aromatic carbocycles. The molecule has 152 valence electrons. The number of nitrogens with zero attached hydrogens (tertiary/aromatic N) is 5. The van der Waals surface area contributed by atoms with Gasteiger partial charge in [-0.1, -0.05) is 12.1 Å². The van der Waals surface area contributed by atoms with Crippen molar-refractivity contribution >= 4 is 11.6 Å². The zero-order chi connectivity index (χ0) is 21.0. The van der Waals surface area contributed by atoms with Gasteiger partial charge in [-0.05, 0) is 12.1 Å². The minimum Gasteiger partial charge on any atom is -0.467 e. The lowest BCUT2D eigenvalue weighted by Crippen LogP contribution is -2.40. The monoisotopic (exact) mass is 409 g/mol. The third kappa shape index (κ3) is 5.40. The summed E-state index contributed by atoms with van der Waals surface area (Å²) in [5.74, 6) is -0.525. The van der Waals surface area contributed by atoms with E-state index < -0.39 is 30.1 Å². The van der Waals surface area contributed by atoms with Crippen LogP contribution in [0.5, 0.6) is 0 Å². The van der Waals surface area contributed by atoms with E-state index in [1.165, 1.54) is 42.9 Å². The Morgan fingerprint density at radius 3 is 2.72 bits per heavy atom. The smallest absolute Gasteiger partial charge is 0.406 e. The zero-order valence-electron chi connectivity index (χ0n) is 14.7. The first-order valence-electron chi connectivity index (χ1n) is 8.22. The molecule has 0 fully saturated rings. The fourth-order valence-electron chi connectivity index (χ4n) is 2.54. The Kier molecular flexibility index (Phi) is 5.61.